The number of ether oxygens (including phenoxy) is 1. The highest BCUT2D eigenvalue weighted by Gasteiger charge is 2.15. The molecule has 0 atom stereocenters. The van der Waals surface area contributed by atoms with Gasteiger partial charge >= 0.3 is 11.7 Å². The monoisotopic (exact) mass is 406 g/mol. The first-order valence-electron chi connectivity index (χ1n) is 9.80. The molecule has 2 aromatic carbocycles. The van der Waals surface area contributed by atoms with Gasteiger partial charge < -0.3 is 9.26 Å². The summed E-state index contributed by atoms with van der Waals surface area (Å²) in [5.74, 6) is 0.226. The van der Waals surface area contributed by atoms with Crippen molar-refractivity contribution in [2.45, 2.75) is 40.0 Å². The molecular weight excluding hydrogens is 384 g/mol. The van der Waals surface area contributed by atoms with Crippen molar-refractivity contribution in [2.24, 2.45) is 0 Å². The molecule has 0 unspecified atom stereocenters. The van der Waals surface area contributed by atoms with Crippen LogP contribution in [0.25, 0.3) is 22.4 Å². The van der Waals surface area contributed by atoms with Crippen LogP contribution < -0.4 is 5.69 Å². The molecule has 4 rings (SSSR count). The van der Waals surface area contributed by atoms with Gasteiger partial charge in [-0.2, -0.15) is 4.98 Å². The van der Waals surface area contributed by atoms with Gasteiger partial charge in [0.1, 0.15) is 0 Å². The topological polar surface area (TPSA) is 92.2 Å². The predicted molar refractivity (Wildman–Crippen MR) is 111 cm³/mol. The van der Waals surface area contributed by atoms with Crippen LogP contribution in [0.15, 0.2) is 57.8 Å². The molecule has 0 spiro atoms. The molecule has 0 bridgehead atoms. The van der Waals surface area contributed by atoms with Gasteiger partial charge in [-0.15, -0.1) is 0 Å². The summed E-state index contributed by atoms with van der Waals surface area (Å²) in [6, 6.07) is 15.3. The number of esters is 1. The van der Waals surface area contributed by atoms with Crippen LogP contribution in [0.3, 0.4) is 0 Å². The maximum Gasteiger partial charge on any atom is 0.329 e. The first kappa shape index (κ1) is 19.6. The summed E-state index contributed by atoms with van der Waals surface area (Å²) < 4.78 is 13.7. The van der Waals surface area contributed by atoms with E-state index in [-0.39, 0.29) is 31.2 Å². The van der Waals surface area contributed by atoms with E-state index in [1.165, 1.54) is 0 Å². The highest BCUT2D eigenvalue weighted by molar-refractivity contribution is 5.76. The van der Waals surface area contributed by atoms with Crippen LogP contribution in [-0.2, 0) is 29.2 Å². The van der Waals surface area contributed by atoms with Gasteiger partial charge in [-0.05, 0) is 26.0 Å². The molecule has 0 aliphatic carbocycles. The Bertz CT molecular complexity index is 1230. The molecule has 2 heterocycles. The lowest BCUT2D eigenvalue weighted by molar-refractivity contribution is -0.146. The number of fused-ring (bicyclic) bond motifs is 1. The maximum atomic E-state index is 12.6. The highest BCUT2D eigenvalue weighted by Crippen LogP contribution is 2.17. The predicted octanol–water partition coefficient (Wildman–Crippen LogP) is 3.31. The number of aromatic nitrogens is 4. The Morgan fingerprint density at radius 1 is 1.07 bits per heavy atom. The summed E-state index contributed by atoms with van der Waals surface area (Å²) in [6.45, 7) is 4.62. The van der Waals surface area contributed by atoms with E-state index < -0.39 is 5.97 Å². The van der Waals surface area contributed by atoms with Gasteiger partial charge in [-0.25, -0.2) is 4.79 Å². The Morgan fingerprint density at radius 2 is 1.77 bits per heavy atom. The van der Waals surface area contributed by atoms with E-state index in [1.54, 1.807) is 9.13 Å². The molecule has 0 radical (unpaired) electrons. The minimum absolute atomic E-state index is 0.0661. The summed E-state index contributed by atoms with van der Waals surface area (Å²) in [7, 11) is 0. The second-order valence-corrected chi connectivity index (χ2v) is 6.96. The molecule has 0 saturated carbocycles. The van der Waals surface area contributed by atoms with E-state index in [9.17, 15) is 9.59 Å². The van der Waals surface area contributed by atoms with Crippen molar-refractivity contribution < 1.29 is 14.1 Å². The van der Waals surface area contributed by atoms with Crippen molar-refractivity contribution in [3.05, 3.63) is 70.5 Å². The van der Waals surface area contributed by atoms with Crippen LogP contribution in [0.1, 0.15) is 24.8 Å². The first-order chi connectivity index (χ1) is 14.6. The average Bonchev–Trinajstić information content (AvgIpc) is 3.33. The number of para-hydroxylation sites is 2. The van der Waals surface area contributed by atoms with E-state index in [2.05, 4.69) is 10.1 Å². The largest absolute Gasteiger partial charge is 0.456 e. The number of rotatable bonds is 7. The fourth-order valence-electron chi connectivity index (χ4n) is 3.35. The number of benzene rings is 2. The smallest absolute Gasteiger partial charge is 0.329 e. The quantitative estimate of drug-likeness (QED) is 0.437. The van der Waals surface area contributed by atoms with Crippen molar-refractivity contribution in [1.29, 1.82) is 0 Å². The molecule has 0 aliphatic rings. The molecule has 0 aliphatic heterocycles. The molecule has 0 amide bonds. The number of imidazole rings is 1. The Kier molecular flexibility index (Phi) is 5.47. The number of hydrogen-bond acceptors (Lipinski definition) is 6. The SMILES string of the molecule is CCn1c(=O)n(CCC(=O)OCc2nc(-c3ccc(C)cc3)no2)c2ccccc21. The van der Waals surface area contributed by atoms with Crippen molar-refractivity contribution in [1.82, 2.24) is 19.3 Å². The lowest BCUT2D eigenvalue weighted by Crippen LogP contribution is -2.25. The zero-order valence-corrected chi connectivity index (χ0v) is 16.9. The van der Waals surface area contributed by atoms with Gasteiger partial charge in [0.15, 0.2) is 6.61 Å². The summed E-state index contributed by atoms with van der Waals surface area (Å²) in [5, 5.41) is 3.92. The minimum Gasteiger partial charge on any atom is -0.456 e. The Balaban J connectivity index is 1.37. The van der Waals surface area contributed by atoms with Gasteiger partial charge in [0.25, 0.3) is 5.89 Å². The number of carbonyl (C=O) groups is 1. The second-order valence-electron chi connectivity index (χ2n) is 6.96. The third kappa shape index (κ3) is 3.89. The molecule has 4 aromatic rings. The number of aryl methyl sites for hydroxylation is 3. The average molecular weight is 406 g/mol. The molecule has 0 N–H and O–H groups in total. The van der Waals surface area contributed by atoms with E-state index in [0.717, 1.165) is 22.2 Å². The number of nitrogens with zero attached hydrogens (tertiary/aromatic N) is 4. The van der Waals surface area contributed by atoms with Crippen molar-refractivity contribution >= 4 is 17.0 Å². The van der Waals surface area contributed by atoms with E-state index in [4.69, 9.17) is 9.26 Å². The Morgan fingerprint density at radius 3 is 2.47 bits per heavy atom. The molecule has 30 heavy (non-hydrogen) atoms. The van der Waals surface area contributed by atoms with Gasteiger partial charge in [0, 0.05) is 18.7 Å². The van der Waals surface area contributed by atoms with Crippen LogP contribution in [0.4, 0.5) is 0 Å². The Labute approximate surface area is 172 Å². The lowest BCUT2D eigenvalue weighted by atomic mass is 10.1. The van der Waals surface area contributed by atoms with Crippen LogP contribution in [0, 0.1) is 6.92 Å². The lowest BCUT2D eigenvalue weighted by Gasteiger charge is -2.04. The second kappa shape index (κ2) is 8.36. The zero-order valence-electron chi connectivity index (χ0n) is 16.9. The Hall–Kier alpha value is -3.68. The van der Waals surface area contributed by atoms with Gasteiger partial charge in [0.05, 0.1) is 17.5 Å². The number of carbonyl (C=O) groups excluding carboxylic acids is 1. The highest BCUT2D eigenvalue weighted by atomic mass is 16.6. The van der Waals surface area contributed by atoms with Crippen molar-refractivity contribution in [2.75, 3.05) is 0 Å². The van der Waals surface area contributed by atoms with E-state index in [0.29, 0.717) is 12.4 Å². The van der Waals surface area contributed by atoms with Crippen LogP contribution >= 0.6 is 0 Å². The van der Waals surface area contributed by atoms with E-state index >= 15 is 0 Å². The van der Waals surface area contributed by atoms with Crippen LogP contribution in [-0.4, -0.2) is 25.2 Å². The molecule has 2 aromatic heterocycles. The van der Waals surface area contributed by atoms with E-state index in [1.807, 2.05) is 62.4 Å². The van der Waals surface area contributed by atoms with Gasteiger partial charge in [0.2, 0.25) is 5.82 Å². The molecule has 8 nitrogen and oxygen atoms in total. The minimum atomic E-state index is -0.440. The van der Waals surface area contributed by atoms with Crippen LogP contribution in [0.5, 0.6) is 0 Å². The summed E-state index contributed by atoms with van der Waals surface area (Å²) >= 11 is 0. The van der Waals surface area contributed by atoms with Crippen molar-refractivity contribution in [3.8, 4) is 11.4 Å². The molecule has 0 saturated heterocycles. The van der Waals surface area contributed by atoms with Crippen LogP contribution in [0.2, 0.25) is 0 Å². The van der Waals surface area contributed by atoms with Crippen molar-refractivity contribution in [3.63, 3.8) is 0 Å². The normalized spacial score (nSPS) is 11.1. The summed E-state index contributed by atoms with van der Waals surface area (Å²) in [6.07, 6.45) is 0.0661. The van der Waals surface area contributed by atoms with Gasteiger partial charge in [-0.3, -0.25) is 13.9 Å². The summed E-state index contributed by atoms with van der Waals surface area (Å²) in [5.41, 5.74) is 3.49. The standard InChI is InChI=1S/C22H22N4O4/c1-3-25-17-6-4-5-7-18(17)26(22(25)28)13-12-20(27)29-14-19-23-21(24-30-19)16-10-8-15(2)9-11-16/h4-11H,3,12-14H2,1-2H3. The first-order valence-corrected chi connectivity index (χ1v) is 9.80. The summed E-state index contributed by atoms with van der Waals surface area (Å²) in [4.78, 5) is 29.1. The fourth-order valence-corrected chi connectivity index (χ4v) is 3.35. The van der Waals surface area contributed by atoms with Gasteiger partial charge in [-0.1, -0.05) is 47.1 Å². The maximum absolute atomic E-state index is 12.6. The number of hydrogen-bond donors (Lipinski definition) is 0. The molecule has 0 fully saturated rings. The fraction of sp³-hybridized carbons (Fsp3) is 0.273. The molecule has 8 heteroatoms. The third-order valence-electron chi connectivity index (χ3n) is 4.92. The third-order valence-corrected chi connectivity index (χ3v) is 4.92. The molecular formula is C22H22N4O4. The zero-order chi connectivity index (χ0) is 21.1. The molecule has 154 valence electrons.